The molecule has 0 aliphatic carbocycles. The normalized spacial score (nSPS) is 11.7. The van der Waals surface area contributed by atoms with Crippen LogP contribution in [-0.2, 0) is 0 Å². The molecule has 0 aliphatic rings. The second-order valence-corrected chi connectivity index (χ2v) is 6.03. The van der Waals surface area contributed by atoms with E-state index < -0.39 is 5.92 Å². The van der Waals surface area contributed by atoms with Crippen LogP contribution in [0.2, 0.25) is 0 Å². The molecule has 108 valence electrons. The van der Waals surface area contributed by atoms with Gasteiger partial charge in [0.25, 0.3) is 0 Å². The lowest BCUT2D eigenvalue weighted by Gasteiger charge is -2.09. The minimum absolute atomic E-state index is 0.136. The monoisotopic (exact) mass is 299 g/mol. The number of thiophene rings is 1. The first-order valence-electron chi connectivity index (χ1n) is 6.80. The number of carbonyl (C=O) groups is 1. The van der Waals surface area contributed by atoms with Crippen LogP contribution in [-0.4, -0.2) is 12.4 Å². The van der Waals surface area contributed by atoms with Crippen LogP contribution in [0.15, 0.2) is 30.3 Å². The molecule has 3 nitrogen and oxygen atoms in total. The van der Waals surface area contributed by atoms with E-state index in [1.165, 1.54) is 11.3 Å². The van der Waals surface area contributed by atoms with Crippen molar-refractivity contribution in [3.63, 3.8) is 0 Å². The fraction of sp³-hybridized carbons (Fsp3) is 0.294. The van der Waals surface area contributed by atoms with E-state index >= 15 is 0 Å². The number of hydrogen-bond donors (Lipinski definition) is 0. The molecule has 0 N–H and O–H groups in total. The number of ether oxygens (including phenoxy) is 1. The Morgan fingerprint density at radius 2 is 2.00 bits per heavy atom. The molecule has 0 fully saturated rings. The molecule has 0 amide bonds. The van der Waals surface area contributed by atoms with Crippen molar-refractivity contribution >= 4 is 17.1 Å². The Labute approximate surface area is 128 Å². The molecule has 21 heavy (non-hydrogen) atoms. The summed E-state index contributed by atoms with van der Waals surface area (Å²) in [5.74, 6) is -0.158. The van der Waals surface area contributed by atoms with Crippen LogP contribution in [0.25, 0.3) is 0 Å². The molecule has 1 aromatic carbocycles. The van der Waals surface area contributed by atoms with Gasteiger partial charge < -0.3 is 4.74 Å². The Balaban J connectivity index is 2.27. The van der Waals surface area contributed by atoms with Gasteiger partial charge in [0, 0.05) is 4.88 Å². The maximum Gasteiger partial charge on any atom is 0.194 e. The third-order valence-electron chi connectivity index (χ3n) is 3.32. The summed E-state index contributed by atoms with van der Waals surface area (Å²) in [6.07, 6.45) is 0. The molecule has 0 bridgehead atoms. The highest BCUT2D eigenvalue weighted by Gasteiger charge is 2.23. The van der Waals surface area contributed by atoms with Gasteiger partial charge in [-0.15, -0.1) is 11.3 Å². The Morgan fingerprint density at radius 1 is 1.33 bits per heavy atom. The third-order valence-corrected chi connectivity index (χ3v) is 4.49. The lowest BCUT2D eigenvalue weighted by atomic mass is 9.95. The highest BCUT2D eigenvalue weighted by Crippen LogP contribution is 2.28. The van der Waals surface area contributed by atoms with Crippen LogP contribution in [0.3, 0.4) is 0 Å². The van der Waals surface area contributed by atoms with Gasteiger partial charge in [-0.1, -0.05) is 12.1 Å². The molecule has 0 aliphatic heterocycles. The number of nitrogens with zero attached hydrogens (tertiary/aromatic N) is 1. The van der Waals surface area contributed by atoms with Crippen molar-refractivity contribution in [1.29, 1.82) is 5.26 Å². The van der Waals surface area contributed by atoms with Crippen LogP contribution in [0.4, 0.5) is 0 Å². The fourth-order valence-corrected chi connectivity index (χ4v) is 3.05. The highest BCUT2D eigenvalue weighted by atomic mass is 32.1. The topological polar surface area (TPSA) is 50.1 Å². The maximum atomic E-state index is 12.5. The maximum absolute atomic E-state index is 12.5. The number of hydrogen-bond acceptors (Lipinski definition) is 4. The zero-order valence-corrected chi connectivity index (χ0v) is 13.2. The molecule has 0 saturated heterocycles. The SMILES string of the molecule is CCOc1ccc(C(C#N)C(=O)c2cc(C)c(C)s2)cc1. The van der Waals surface area contributed by atoms with Gasteiger partial charge in [-0.2, -0.15) is 5.26 Å². The van der Waals surface area contributed by atoms with E-state index in [9.17, 15) is 10.1 Å². The van der Waals surface area contributed by atoms with Crippen molar-refractivity contribution < 1.29 is 9.53 Å². The summed E-state index contributed by atoms with van der Waals surface area (Å²) in [5.41, 5.74) is 1.79. The largest absolute Gasteiger partial charge is 0.494 e. The van der Waals surface area contributed by atoms with Crippen molar-refractivity contribution in [2.45, 2.75) is 26.7 Å². The summed E-state index contributed by atoms with van der Waals surface area (Å²) < 4.78 is 5.37. The van der Waals surface area contributed by atoms with Crippen molar-refractivity contribution in [1.82, 2.24) is 0 Å². The number of Topliss-reactive ketones (excluding diaryl/α,β-unsaturated/α-hetero) is 1. The van der Waals surface area contributed by atoms with Crippen LogP contribution < -0.4 is 4.74 Å². The van der Waals surface area contributed by atoms with Crippen molar-refractivity contribution in [3.8, 4) is 11.8 Å². The molecule has 0 saturated carbocycles. The van der Waals surface area contributed by atoms with E-state index in [2.05, 4.69) is 6.07 Å². The Kier molecular flexibility index (Phi) is 4.77. The van der Waals surface area contributed by atoms with Crippen molar-refractivity contribution in [2.75, 3.05) is 6.61 Å². The lowest BCUT2D eigenvalue weighted by molar-refractivity contribution is 0.0982. The quantitative estimate of drug-likeness (QED) is 0.775. The number of rotatable bonds is 5. The van der Waals surface area contributed by atoms with Crippen molar-refractivity contribution in [2.24, 2.45) is 0 Å². The first-order valence-corrected chi connectivity index (χ1v) is 7.62. The van der Waals surface area contributed by atoms with Gasteiger partial charge in [0.2, 0.25) is 0 Å². The summed E-state index contributed by atoms with van der Waals surface area (Å²) in [6, 6.07) is 11.1. The molecular weight excluding hydrogens is 282 g/mol. The summed E-state index contributed by atoms with van der Waals surface area (Å²) in [5, 5.41) is 9.36. The molecule has 1 unspecified atom stereocenters. The molecule has 0 spiro atoms. The first-order chi connectivity index (χ1) is 10.1. The standard InChI is InChI=1S/C17H17NO2S/c1-4-20-14-7-5-13(6-8-14)15(10-18)17(19)16-9-11(2)12(3)21-16/h5-9,15H,4H2,1-3H3. The van der Waals surface area contributed by atoms with Crippen LogP contribution >= 0.6 is 11.3 Å². The van der Waals surface area contributed by atoms with Gasteiger partial charge in [0.1, 0.15) is 11.7 Å². The highest BCUT2D eigenvalue weighted by molar-refractivity contribution is 7.14. The number of aryl methyl sites for hydroxylation is 2. The zero-order chi connectivity index (χ0) is 15.4. The third kappa shape index (κ3) is 3.32. The molecule has 0 radical (unpaired) electrons. The fourth-order valence-electron chi connectivity index (χ4n) is 2.04. The van der Waals surface area contributed by atoms with Gasteiger partial charge in [0.05, 0.1) is 17.6 Å². The lowest BCUT2D eigenvalue weighted by Crippen LogP contribution is -2.09. The molecule has 1 heterocycles. The smallest absolute Gasteiger partial charge is 0.194 e. The van der Waals surface area contributed by atoms with E-state index in [1.807, 2.05) is 26.8 Å². The van der Waals surface area contributed by atoms with Crippen LogP contribution in [0.5, 0.6) is 5.75 Å². The summed E-state index contributed by atoms with van der Waals surface area (Å²) in [4.78, 5) is 14.3. The van der Waals surface area contributed by atoms with E-state index in [4.69, 9.17) is 4.74 Å². The Bertz CT molecular complexity index is 660. The summed E-state index contributed by atoms with van der Waals surface area (Å²) >= 11 is 1.45. The zero-order valence-electron chi connectivity index (χ0n) is 12.3. The first kappa shape index (κ1) is 15.3. The molecule has 1 atom stereocenters. The average molecular weight is 299 g/mol. The van der Waals surface area contributed by atoms with Gasteiger partial charge in [0.15, 0.2) is 5.78 Å². The second kappa shape index (κ2) is 6.55. The predicted molar refractivity (Wildman–Crippen MR) is 84.1 cm³/mol. The van der Waals surface area contributed by atoms with E-state index in [-0.39, 0.29) is 5.78 Å². The van der Waals surface area contributed by atoms with Gasteiger partial charge >= 0.3 is 0 Å². The van der Waals surface area contributed by atoms with Gasteiger partial charge in [-0.3, -0.25) is 4.79 Å². The minimum Gasteiger partial charge on any atom is -0.494 e. The second-order valence-electron chi connectivity index (χ2n) is 4.78. The summed E-state index contributed by atoms with van der Waals surface area (Å²) in [7, 11) is 0. The van der Waals surface area contributed by atoms with Gasteiger partial charge in [-0.25, -0.2) is 0 Å². The average Bonchev–Trinajstić information content (AvgIpc) is 2.81. The minimum atomic E-state index is -0.766. The molecule has 2 rings (SSSR count). The molecule has 4 heteroatoms. The molecular formula is C17H17NO2S. The van der Waals surface area contributed by atoms with Crippen LogP contribution in [0, 0.1) is 25.2 Å². The molecule has 2 aromatic rings. The number of nitriles is 1. The van der Waals surface area contributed by atoms with E-state index in [0.29, 0.717) is 17.0 Å². The number of carbonyl (C=O) groups excluding carboxylic acids is 1. The molecule has 1 aromatic heterocycles. The predicted octanol–water partition coefficient (Wildman–Crippen LogP) is 4.25. The van der Waals surface area contributed by atoms with E-state index in [0.717, 1.165) is 16.2 Å². The number of ketones is 1. The number of benzene rings is 1. The summed E-state index contributed by atoms with van der Waals surface area (Å²) in [6.45, 7) is 6.46. The van der Waals surface area contributed by atoms with E-state index in [1.54, 1.807) is 24.3 Å². The van der Waals surface area contributed by atoms with Gasteiger partial charge in [-0.05, 0) is 50.1 Å². The Hall–Kier alpha value is -2.12. The Morgan fingerprint density at radius 3 is 2.48 bits per heavy atom. The van der Waals surface area contributed by atoms with Crippen molar-refractivity contribution in [3.05, 3.63) is 51.2 Å². The van der Waals surface area contributed by atoms with Crippen LogP contribution in [0.1, 0.15) is 38.5 Å².